The van der Waals surface area contributed by atoms with E-state index in [2.05, 4.69) is 31.8 Å². The fourth-order valence-electron chi connectivity index (χ4n) is 4.33. The lowest BCUT2D eigenvalue weighted by atomic mass is 9.96. The highest BCUT2D eigenvalue weighted by Gasteiger charge is 2.29. The Morgan fingerprint density at radius 1 is 1.10 bits per heavy atom. The number of anilines is 2. The van der Waals surface area contributed by atoms with Gasteiger partial charge in [-0.25, -0.2) is 8.78 Å². The zero-order chi connectivity index (χ0) is 20.7. The van der Waals surface area contributed by atoms with Gasteiger partial charge in [-0.2, -0.15) is 5.10 Å². The van der Waals surface area contributed by atoms with Crippen LogP contribution in [0.3, 0.4) is 0 Å². The molecule has 154 valence electrons. The number of nitrogens with zero attached hydrogens (tertiary/aromatic N) is 2. The van der Waals surface area contributed by atoms with E-state index in [-0.39, 0.29) is 0 Å². The summed E-state index contributed by atoms with van der Waals surface area (Å²) >= 11 is 5.33. The van der Waals surface area contributed by atoms with Gasteiger partial charge in [-0.15, -0.1) is 0 Å². The third-order valence-electron chi connectivity index (χ3n) is 5.83. The van der Waals surface area contributed by atoms with Crippen LogP contribution in [0.25, 0.3) is 16.5 Å². The summed E-state index contributed by atoms with van der Waals surface area (Å²) in [4.78, 5) is 2.54. The van der Waals surface area contributed by atoms with E-state index in [1.165, 1.54) is 31.0 Å². The highest BCUT2D eigenvalue weighted by molar-refractivity contribution is 7.80. The smallest absolute Gasteiger partial charge is 0.175 e. The van der Waals surface area contributed by atoms with Crippen LogP contribution in [0.5, 0.6) is 0 Å². The van der Waals surface area contributed by atoms with Crippen LogP contribution in [0.4, 0.5) is 20.2 Å². The van der Waals surface area contributed by atoms with E-state index in [0.717, 1.165) is 47.4 Å². The van der Waals surface area contributed by atoms with Crippen LogP contribution in [0.2, 0.25) is 0 Å². The van der Waals surface area contributed by atoms with Gasteiger partial charge in [0.25, 0.3) is 0 Å². The van der Waals surface area contributed by atoms with Crippen molar-refractivity contribution in [3.63, 3.8) is 0 Å². The van der Waals surface area contributed by atoms with E-state index in [4.69, 9.17) is 12.2 Å². The molecular weight excluding hydrogens is 404 g/mol. The molecule has 2 aliphatic rings. The fraction of sp³-hybridized carbons (Fsp3) is 0.273. The second-order valence-electron chi connectivity index (χ2n) is 7.77. The zero-order valence-electron chi connectivity index (χ0n) is 16.2. The number of nitrogens with one attached hydrogen (secondary N) is 3. The van der Waals surface area contributed by atoms with Crippen molar-refractivity contribution in [1.82, 2.24) is 15.1 Å². The Balaban J connectivity index is 1.35. The highest BCUT2D eigenvalue weighted by Crippen LogP contribution is 2.34. The van der Waals surface area contributed by atoms with Crippen molar-refractivity contribution in [3.8, 4) is 0 Å². The van der Waals surface area contributed by atoms with E-state index in [1.54, 1.807) is 0 Å². The van der Waals surface area contributed by atoms with Crippen molar-refractivity contribution in [2.24, 2.45) is 0 Å². The molecule has 1 fully saturated rings. The quantitative estimate of drug-likeness (QED) is 0.521. The Morgan fingerprint density at radius 3 is 2.73 bits per heavy atom. The Bertz CT molecular complexity index is 1160. The standard InChI is InChI=1S/C22H21F2N5S/c23-18-5-3-15(12-19(18)24)26-22(30)25-14-4-6-20-17(11-14)21(28-27-20)13-7-9-29-8-1-2-16(29)10-13/h3-7,11-12,16H,1-2,8-10H2,(H,27,28)(H2,25,26,30). The van der Waals surface area contributed by atoms with Gasteiger partial charge in [-0.05, 0) is 73.9 Å². The van der Waals surface area contributed by atoms with Crippen molar-refractivity contribution >= 4 is 45.2 Å². The van der Waals surface area contributed by atoms with Crippen LogP contribution < -0.4 is 10.6 Å². The Morgan fingerprint density at radius 2 is 1.90 bits per heavy atom. The first-order valence-electron chi connectivity index (χ1n) is 10.0. The molecule has 3 heterocycles. The van der Waals surface area contributed by atoms with Crippen LogP contribution in [0.1, 0.15) is 25.0 Å². The topological polar surface area (TPSA) is 56.0 Å². The van der Waals surface area contributed by atoms with Gasteiger partial charge >= 0.3 is 0 Å². The number of H-pyrrole nitrogens is 1. The minimum atomic E-state index is -0.922. The van der Waals surface area contributed by atoms with Gasteiger partial charge in [0.15, 0.2) is 16.7 Å². The molecule has 5 nitrogen and oxygen atoms in total. The number of hydrogen-bond acceptors (Lipinski definition) is 3. The van der Waals surface area contributed by atoms with Gasteiger partial charge in [0.1, 0.15) is 0 Å². The van der Waals surface area contributed by atoms with Crippen molar-refractivity contribution in [2.75, 3.05) is 23.7 Å². The molecule has 1 unspecified atom stereocenters. The summed E-state index contributed by atoms with van der Waals surface area (Å²) in [6.07, 6.45) is 5.82. The summed E-state index contributed by atoms with van der Waals surface area (Å²) in [5, 5.41) is 15.0. The number of rotatable bonds is 3. The SMILES string of the molecule is Fc1ccc(NC(=S)Nc2ccc3[nH]nc(C4=CCN5CCCC5C4)c3c2)cc1F. The molecule has 1 atom stereocenters. The molecule has 0 radical (unpaired) electrons. The van der Waals surface area contributed by atoms with Gasteiger partial charge in [-0.1, -0.05) is 6.08 Å². The van der Waals surface area contributed by atoms with Gasteiger partial charge in [0, 0.05) is 35.4 Å². The number of halogens is 2. The minimum Gasteiger partial charge on any atom is -0.332 e. The number of aromatic amines is 1. The Labute approximate surface area is 178 Å². The first-order chi connectivity index (χ1) is 14.6. The van der Waals surface area contributed by atoms with Gasteiger partial charge in [0.2, 0.25) is 0 Å². The lowest BCUT2D eigenvalue weighted by Gasteiger charge is -2.28. The van der Waals surface area contributed by atoms with Crippen LogP contribution >= 0.6 is 12.2 Å². The molecule has 1 saturated heterocycles. The summed E-state index contributed by atoms with van der Waals surface area (Å²) in [5.41, 5.74) is 4.41. The lowest BCUT2D eigenvalue weighted by molar-refractivity contribution is 0.275. The molecule has 5 rings (SSSR count). The summed E-state index contributed by atoms with van der Waals surface area (Å²) in [7, 11) is 0. The Kier molecular flexibility index (Phi) is 4.96. The predicted octanol–water partition coefficient (Wildman–Crippen LogP) is 4.90. The van der Waals surface area contributed by atoms with E-state index >= 15 is 0 Å². The second-order valence-corrected chi connectivity index (χ2v) is 8.17. The van der Waals surface area contributed by atoms with Gasteiger partial charge in [-0.3, -0.25) is 10.00 Å². The maximum absolute atomic E-state index is 13.4. The average Bonchev–Trinajstić information content (AvgIpc) is 3.36. The van der Waals surface area contributed by atoms with Crippen molar-refractivity contribution in [2.45, 2.75) is 25.3 Å². The minimum absolute atomic E-state index is 0.295. The van der Waals surface area contributed by atoms with E-state index in [0.29, 0.717) is 16.8 Å². The van der Waals surface area contributed by atoms with E-state index < -0.39 is 11.6 Å². The average molecular weight is 426 g/mol. The molecule has 0 aliphatic carbocycles. The number of aromatic nitrogens is 2. The third-order valence-corrected chi connectivity index (χ3v) is 6.03. The highest BCUT2D eigenvalue weighted by atomic mass is 32.1. The first-order valence-corrected chi connectivity index (χ1v) is 10.4. The van der Waals surface area contributed by atoms with Crippen LogP contribution in [-0.2, 0) is 0 Å². The van der Waals surface area contributed by atoms with Gasteiger partial charge in [0.05, 0.1) is 11.2 Å². The van der Waals surface area contributed by atoms with Crippen LogP contribution in [0.15, 0.2) is 42.5 Å². The molecule has 2 aromatic carbocycles. The number of benzene rings is 2. The molecule has 0 spiro atoms. The number of fused-ring (bicyclic) bond motifs is 2. The summed E-state index contributed by atoms with van der Waals surface area (Å²) < 4.78 is 26.5. The second kappa shape index (κ2) is 7.77. The number of hydrogen-bond donors (Lipinski definition) is 3. The van der Waals surface area contributed by atoms with Crippen molar-refractivity contribution in [3.05, 3.63) is 59.8 Å². The molecule has 0 amide bonds. The molecular formula is C22H21F2N5S. The molecule has 2 aliphatic heterocycles. The normalized spacial score (nSPS) is 18.9. The molecule has 3 aromatic rings. The van der Waals surface area contributed by atoms with Crippen LogP contribution in [-0.4, -0.2) is 39.3 Å². The largest absolute Gasteiger partial charge is 0.332 e. The number of thiocarbonyl (C=S) groups is 1. The molecule has 1 aromatic heterocycles. The molecule has 0 saturated carbocycles. The summed E-state index contributed by atoms with van der Waals surface area (Å²) in [5.74, 6) is -1.82. The van der Waals surface area contributed by atoms with Gasteiger partial charge < -0.3 is 10.6 Å². The van der Waals surface area contributed by atoms with Crippen molar-refractivity contribution in [1.29, 1.82) is 0 Å². The zero-order valence-corrected chi connectivity index (χ0v) is 17.0. The third kappa shape index (κ3) is 3.68. The summed E-state index contributed by atoms with van der Waals surface area (Å²) in [6, 6.07) is 10.1. The maximum Gasteiger partial charge on any atom is 0.175 e. The van der Waals surface area contributed by atoms with Crippen molar-refractivity contribution < 1.29 is 8.78 Å². The molecule has 8 heteroatoms. The maximum atomic E-state index is 13.4. The monoisotopic (exact) mass is 425 g/mol. The lowest BCUT2D eigenvalue weighted by Crippen LogP contribution is -2.32. The Hall–Kier alpha value is -2.84. The molecule has 30 heavy (non-hydrogen) atoms. The molecule has 3 N–H and O–H groups in total. The summed E-state index contributed by atoms with van der Waals surface area (Å²) in [6.45, 7) is 2.17. The van der Waals surface area contributed by atoms with E-state index in [1.807, 2.05) is 18.2 Å². The molecule has 0 bridgehead atoms. The predicted molar refractivity (Wildman–Crippen MR) is 119 cm³/mol. The first kappa shape index (κ1) is 19.1. The fourth-order valence-corrected chi connectivity index (χ4v) is 4.56. The van der Waals surface area contributed by atoms with E-state index in [9.17, 15) is 8.78 Å². The van der Waals surface area contributed by atoms with Crippen LogP contribution in [0, 0.1) is 11.6 Å².